The minimum atomic E-state index is -0.542. The van der Waals surface area contributed by atoms with Crippen LogP contribution in [-0.2, 0) is 0 Å². The Balaban J connectivity index is 1.57. The molecule has 1 amide bonds. The van der Waals surface area contributed by atoms with Gasteiger partial charge in [0.2, 0.25) is 0 Å². The highest BCUT2D eigenvalue weighted by Gasteiger charge is 2.19. The topological polar surface area (TPSA) is 85.7 Å². The zero-order valence-electron chi connectivity index (χ0n) is 17.8. The number of fused-ring (bicyclic) bond motifs is 1. The second kappa shape index (κ2) is 9.45. The molecule has 1 fully saturated rings. The molecular weight excluding hydrogens is 390 g/mol. The first-order valence-electron chi connectivity index (χ1n) is 10.9. The fourth-order valence-electron chi connectivity index (χ4n) is 4.44. The number of amides is 1. The third kappa shape index (κ3) is 4.70. The molecule has 0 spiro atoms. The molecule has 1 aromatic heterocycles. The Bertz CT molecular complexity index is 1060. The van der Waals surface area contributed by atoms with Crippen molar-refractivity contribution in [2.75, 3.05) is 24.6 Å². The summed E-state index contributed by atoms with van der Waals surface area (Å²) in [6.07, 6.45) is 4.33. The summed E-state index contributed by atoms with van der Waals surface area (Å²) in [5.74, 6) is 0.171. The maximum absolute atomic E-state index is 12.3. The van der Waals surface area contributed by atoms with Gasteiger partial charge in [-0.2, -0.15) is 0 Å². The lowest BCUT2D eigenvalue weighted by Crippen LogP contribution is -2.33. The van der Waals surface area contributed by atoms with E-state index in [0.717, 1.165) is 60.8 Å². The Hall–Kier alpha value is -2.96. The van der Waals surface area contributed by atoms with Gasteiger partial charge in [0, 0.05) is 36.3 Å². The van der Waals surface area contributed by atoms with E-state index >= 15 is 0 Å². The maximum Gasteiger partial charge on any atom is 0.275 e. The van der Waals surface area contributed by atoms with Crippen molar-refractivity contribution in [1.29, 1.82) is 0 Å². The molecule has 31 heavy (non-hydrogen) atoms. The van der Waals surface area contributed by atoms with Crippen molar-refractivity contribution in [2.45, 2.75) is 32.6 Å². The highest BCUT2D eigenvalue weighted by atomic mass is 16.5. The molecule has 0 radical (unpaired) electrons. The van der Waals surface area contributed by atoms with Crippen LogP contribution in [0, 0.1) is 12.8 Å². The van der Waals surface area contributed by atoms with Crippen molar-refractivity contribution in [1.82, 2.24) is 10.5 Å². The lowest BCUT2D eigenvalue weighted by molar-refractivity contribution is 0.0708. The Morgan fingerprint density at radius 3 is 2.55 bits per heavy atom. The minimum Gasteiger partial charge on any atom is -0.396 e. The number of anilines is 1. The van der Waals surface area contributed by atoms with Gasteiger partial charge in [0.1, 0.15) is 0 Å². The van der Waals surface area contributed by atoms with E-state index in [0.29, 0.717) is 17.2 Å². The van der Waals surface area contributed by atoms with Gasteiger partial charge >= 0.3 is 0 Å². The number of carbonyl (C=O) groups is 1. The number of aryl methyl sites for hydroxylation is 1. The molecule has 4 rings (SSSR count). The van der Waals surface area contributed by atoms with Gasteiger partial charge in [0.15, 0.2) is 0 Å². The average molecular weight is 420 g/mol. The van der Waals surface area contributed by atoms with Gasteiger partial charge in [-0.05, 0) is 68.9 Å². The van der Waals surface area contributed by atoms with Crippen molar-refractivity contribution < 1.29 is 15.1 Å². The number of rotatable bonds is 6. The van der Waals surface area contributed by atoms with E-state index in [4.69, 9.17) is 10.1 Å². The van der Waals surface area contributed by atoms with Gasteiger partial charge in [-0.15, -0.1) is 0 Å². The predicted octanol–water partition coefficient (Wildman–Crippen LogP) is 4.32. The Kier molecular flexibility index (Phi) is 6.49. The van der Waals surface area contributed by atoms with E-state index in [1.165, 1.54) is 5.69 Å². The molecule has 6 heteroatoms. The highest BCUT2D eigenvalue weighted by molar-refractivity contribution is 6.06. The van der Waals surface area contributed by atoms with E-state index in [9.17, 15) is 10.0 Å². The molecule has 1 aliphatic rings. The largest absolute Gasteiger partial charge is 0.396 e. The Labute approximate surface area is 182 Å². The summed E-state index contributed by atoms with van der Waals surface area (Å²) in [7, 11) is 0. The normalized spacial score (nSPS) is 14.7. The van der Waals surface area contributed by atoms with Crippen molar-refractivity contribution in [2.24, 2.45) is 5.92 Å². The van der Waals surface area contributed by atoms with E-state index in [1.807, 2.05) is 37.3 Å². The standard InChI is InChI=1S/C25H29N3O3/c1-17-4-9-23-21(15-17)22(25(30)27-31)16-24(26-23)19-5-7-20(8-6-19)28-12-10-18(11-13-28)3-2-14-29/h4-9,15-16,18,29,31H,2-3,10-14H2,1H3,(H,27,30). The second-order valence-electron chi connectivity index (χ2n) is 8.36. The van der Waals surface area contributed by atoms with E-state index in [2.05, 4.69) is 17.0 Å². The number of aliphatic hydroxyl groups excluding tert-OH is 1. The van der Waals surface area contributed by atoms with Crippen LogP contribution in [0.15, 0.2) is 48.5 Å². The Morgan fingerprint density at radius 1 is 1.13 bits per heavy atom. The summed E-state index contributed by atoms with van der Waals surface area (Å²) in [4.78, 5) is 19.4. The quantitative estimate of drug-likeness (QED) is 0.409. The highest BCUT2D eigenvalue weighted by Crippen LogP contribution is 2.30. The first-order chi connectivity index (χ1) is 15.1. The number of aliphatic hydroxyl groups is 1. The number of piperidine rings is 1. The summed E-state index contributed by atoms with van der Waals surface area (Å²) in [6.45, 7) is 4.31. The third-order valence-electron chi connectivity index (χ3n) is 6.22. The number of benzene rings is 2. The van der Waals surface area contributed by atoms with Crippen LogP contribution < -0.4 is 10.4 Å². The van der Waals surface area contributed by atoms with Crippen LogP contribution in [0.5, 0.6) is 0 Å². The van der Waals surface area contributed by atoms with Gasteiger partial charge in [-0.25, -0.2) is 10.5 Å². The summed E-state index contributed by atoms with van der Waals surface area (Å²) in [5.41, 5.74) is 6.71. The predicted molar refractivity (Wildman–Crippen MR) is 122 cm³/mol. The lowest BCUT2D eigenvalue weighted by atomic mass is 9.92. The molecule has 6 nitrogen and oxygen atoms in total. The monoisotopic (exact) mass is 419 g/mol. The molecule has 1 aliphatic heterocycles. The first-order valence-corrected chi connectivity index (χ1v) is 10.9. The van der Waals surface area contributed by atoms with Crippen LogP contribution in [0.1, 0.15) is 41.6 Å². The fraction of sp³-hybridized carbons (Fsp3) is 0.360. The molecule has 0 atom stereocenters. The fourth-order valence-corrected chi connectivity index (χ4v) is 4.44. The molecule has 0 saturated carbocycles. The molecule has 2 aromatic carbocycles. The van der Waals surface area contributed by atoms with Gasteiger partial charge in [-0.1, -0.05) is 23.8 Å². The molecular formula is C25H29N3O3. The van der Waals surface area contributed by atoms with Crippen molar-refractivity contribution in [3.05, 3.63) is 59.7 Å². The number of hydroxylamine groups is 1. The molecule has 3 aromatic rings. The Morgan fingerprint density at radius 2 is 1.87 bits per heavy atom. The number of nitrogens with one attached hydrogen (secondary N) is 1. The first kappa shape index (κ1) is 21.3. The molecule has 0 unspecified atom stereocenters. The van der Waals surface area contributed by atoms with Crippen LogP contribution in [0.25, 0.3) is 22.2 Å². The van der Waals surface area contributed by atoms with E-state index in [1.54, 1.807) is 11.5 Å². The number of nitrogens with zero attached hydrogens (tertiary/aromatic N) is 2. The minimum absolute atomic E-state index is 0.284. The second-order valence-corrected chi connectivity index (χ2v) is 8.36. The molecule has 0 bridgehead atoms. The number of hydrogen-bond donors (Lipinski definition) is 3. The van der Waals surface area contributed by atoms with Crippen molar-refractivity contribution in [3.8, 4) is 11.3 Å². The summed E-state index contributed by atoms with van der Waals surface area (Å²) in [5, 5.41) is 18.9. The summed E-state index contributed by atoms with van der Waals surface area (Å²) >= 11 is 0. The average Bonchev–Trinajstić information content (AvgIpc) is 2.82. The molecule has 1 saturated heterocycles. The summed E-state index contributed by atoms with van der Waals surface area (Å²) < 4.78 is 0. The number of hydrogen-bond acceptors (Lipinski definition) is 5. The SMILES string of the molecule is Cc1ccc2nc(-c3ccc(N4CCC(CCCO)CC4)cc3)cc(C(=O)NO)c2c1. The van der Waals surface area contributed by atoms with Crippen LogP contribution >= 0.6 is 0 Å². The van der Waals surface area contributed by atoms with Crippen LogP contribution in [0.2, 0.25) is 0 Å². The maximum atomic E-state index is 12.3. The molecule has 162 valence electrons. The van der Waals surface area contributed by atoms with E-state index in [-0.39, 0.29) is 6.61 Å². The molecule has 2 heterocycles. The van der Waals surface area contributed by atoms with Gasteiger partial charge in [-0.3, -0.25) is 10.0 Å². The number of aromatic nitrogens is 1. The smallest absolute Gasteiger partial charge is 0.275 e. The molecule has 3 N–H and O–H groups in total. The van der Waals surface area contributed by atoms with Crippen molar-refractivity contribution in [3.63, 3.8) is 0 Å². The summed E-state index contributed by atoms with van der Waals surface area (Å²) in [6, 6.07) is 15.8. The zero-order chi connectivity index (χ0) is 21.8. The molecule has 0 aliphatic carbocycles. The lowest BCUT2D eigenvalue weighted by Gasteiger charge is -2.33. The van der Waals surface area contributed by atoms with Crippen LogP contribution in [-0.4, -0.2) is 40.9 Å². The zero-order valence-corrected chi connectivity index (χ0v) is 17.8. The number of carbonyl (C=O) groups excluding carboxylic acids is 1. The van der Waals surface area contributed by atoms with Crippen LogP contribution in [0.4, 0.5) is 5.69 Å². The van der Waals surface area contributed by atoms with Gasteiger partial charge in [0.05, 0.1) is 16.8 Å². The van der Waals surface area contributed by atoms with Crippen molar-refractivity contribution >= 4 is 22.5 Å². The van der Waals surface area contributed by atoms with E-state index < -0.39 is 5.91 Å². The third-order valence-corrected chi connectivity index (χ3v) is 6.22. The van der Waals surface area contributed by atoms with Crippen LogP contribution in [0.3, 0.4) is 0 Å². The van der Waals surface area contributed by atoms with Gasteiger partial charge < -0.3 is 10.0 Å². The number of pyridine rings is 1. The van der Waals surface area contributed by atoms with Gasteiger partial charge in [0.25, 0.3) is 5.91 Å².